The predicted molar refractivity (Wildman–Crippen MR) is 84.2 cm³/mol. The molecular weight excluding hydrogens is 316 g/mol. The van der Waals surface area contributed by atoms with Crippen LogP contribution in [0, 0.1) is 0 Å². The average molecular weight is 334 g/mol. The average Bonchev–Trinajstić information content (AvgIpc) is 3.08. The molecule has 2 N–H and O–H groups in total. The number of carboxylic acid groups (broad SMARTS) is 1. The maximum absolute atomic E-state index is 12.0. The van der Waals surface area contributed by atoms with Crippen molar-refractivity contribution in [3.05, 3.63) is 30.0 Å². The zero-order valence-electron chi connectivity index (χ0n) is 13.5. The number of carbonyl (C=O) groups is 2. The molecule has 1 atom stereocenters. The Morgan fingerprint density at radius 3 is 2.54 bits per heavy atom. The van der Waals surface area contributed by atoms with Crippen LogP contribution in [0.2, 0.25) is 0 Å². The van der Waals surface area contributed by atoms with Gasteiger partial charge in [-0.3, -0.25) is 4.79 Å². The van der Waals surface area contributed by atoms with E-state index in [0.717, 1.165) is 0 Å². The number of nitrogens with zero attached hydrogens (tertiary/aromatic N) is 1. The van der Waals surface area contributed by atoms with E-state index in [4.69, 9.17) is 19.1 Å². The molecule has 1 aromatic carbocycles. The zero-order chi connectivity index (χ0) is 17.7. The summed E-state index contributed by atoms with van der Waals surface area (Å²) in [5, 5.41) is 15.0. The molecule has 0 fully saturated rings. The van der Waals surface area contributed by atoms with Crippen molar-refractivity contribution < 1.29 is 28.7 Å². The summed E-state index contributed by atoms with van der Waals surface area (Å²) < 4.78 is 15.5. The molecule has 2 aromatic rings. The first-order valence-corrected chi connectivity index (χ1v) is 7.22. The standard InChI is InChI=1S/C16H18N2O6/c1-4-10(16(20)21)17-15(19)11-8-13(24-18-11)9-5-6-12(22-2)14(7-9)23-3/h5-8,10H,4H2,1-3H3,(H,17,19)(H,20,21)/t10-/m0/s1. The number of aromatic nitrogens is 1. The Bertz CT molecular complexity index is 740. The van der Waals surface area contributed by atoms with E-state index in [1.807, 2.05) is 0 Å². The van der Waals surface area contributed by atoms with Crippen LogP contribution in [0.25, 0.3) is 11.3 Å². The summed E-state index contributed by atoms with van der Waals surface area (Å²) in [6, 6.07) is 5.58. The van der Waals surface area contributed by atoms with E-state index < -0.39 is 17.9 Å². The molecule has 8 heteroatoms. The quantitative estimate of drug-likeness (QED) is 0.796. The van der Waals surface area contributed by atoms with Crippen molar-refractivity contribution in [2.45, 2.75) is 19.4 Å². The molecule has 0 aliphatic carbocycles. The van der Waals surface area contributed by atoms with Crippen LogP contribution in [0.5, 0.6) is 11.5 Å². The van der Waals surface area contributed by atoms with Crippen LogP contribution in [-0.4, -0.2) is 42.4 Å². The maximum atomic E-state index is 12.0. The number of nitrogens with one attached hydrogen (secondary N) is 1. The van der Waals surface area contributed by atoms with Crippen molar-refractivity contribution in [2.24, 2.45) is 0 Å². The number of hydrogen-bond donors (Lipinski definition) is 2. The number of amides is 1. The topological polar surface area (TPSA) is 111 Å². The lowest BCUT2D eigenvalue weighted by molar-refractivity contribution is -0.139. The lowest BCUT2D eigenvalue weighted by Gasteiger charge is -2.10. The van der Waals surface area contributed by atoms with Gasteiger partial charge in [-0.25, -0.2) is 4.79 Å². The lowest BCUT2D eigenvalue weighted by Crippen LogP contribution is -2.40. The molecule has 0 radical (unpaired) electrons. The molecule has 0 aliphatic rings. The number of benzene rings is 1. The van der Waals surface area contributed by atoms with Gasteiger partial charge in [-0.15, -0.1) is 0 Å². The fourth-order valence-electron chi connectivity index (χ4n) is 2.08. The molecular formula is C16H18N2O6. The zero-order valence-corrected chi connectivity index (χ0v) is 13.5. The monoisotopic (exact) mass is 334 g/mol. The fourth-order valence-corrected chi connectivity index (χ4v) is 2.08. The van der Waals surface area contributed by atoms with Crippen molar-refractivity contribution in [3.63, 3.8) is 0 Å². The van der Waals surface area contributed by atoms with Crippen LogP contribution in [-0.2, 0) is 4.79 Å². The Morgan fingerprint density at radius 2 is 1.96 bits per heavy atom. The Labute approximate surface area is 138 Å². The van der Waals surface area contributed by atoms with Gasteiger partial charge in [-0.05, 0) is 24.6 Å². The highest BCUT2D eigenvalue weighted by Gasteiger charge is 2.21. The Kier molecular flexibility index (Phi) is 5.41. The highest BCUT2D eigenvalue weighted by molar-refractivity contribution is 5.95. The number of aliphatic carboxylic acids is 1. The van der Waals surface area contributed by atoms with Crippen LogP contribution in [0.15, 0.2) is 28.8 Å². The van der Waals surface area contributed by atoms with E-state index in [2.05, 4.69) is 10.5 Å². The van der Waals surface area contributed by atoms with Crippen molar-refractivity contribution in [1.82, 2.24) is 10.5 Å². The van der Waals surface area contributed by atoms with Crippen molar-refractivity contribution in [3.8, 4) is 22.8 Å². The van der Waals surface area contributed by atoms with E-state index in [1.165, 1.54) is 20.3 Å². The molecule has 0 saturated heterocycles. The van der Waals surface area contributed by atoms with E-state index in [0.29, 0.717) is 22.8 Å². The molecule has 0 bridgehead atoms. The number of hydrogen-bond acceptors (Lipinski definition) is 6. The first-order chi connectivity index (χ1) is 11.5. The van der Waals surface area contributed by atoms with E-state index in [-0.39, 0.29) is 12.1 Å². The number of carbonyl (C=O) groups excluding carboxylic acids is 1. The van der Waals surface area contributed by atoms with Crippen molar-refractivity contribution >= 4 is 11.9 Å². The summed E-state index contributed by atoms with van der Waals surface area (Å²) in [6.07, 6.45) is 0.265. The van der Waals surface area contributed by atoms with Gasteiger partial charge in [0.25, 0.3) is 5.91 Å². The van der Waals surface area contributed by atoms with Gasteiger partial charge < -0.3 is 24.4 Å². The third-order valence-electron chi connectivity index (χ3n) is 3.42. The van der Waals surface area contributed by atoms with Crippen molar-refractivity contribution in [2.75, 3.05) is 14.2 Å². The van der Waals surface area contributed by atoms with E-state index in [9.17, 15) is 9.59 Å². The minimum atomic E-state index is -1.10. The third kappa shape index (κ3) is 3.65. The minimum absolute atomic E-state index is 0.000477. The molecule has 8 nitrogen and oxygen atoms in total. The third-order valence-corrected chi connectivity index (χ3v) is 3.42. The summed E-state index contributed by atoms with van der Waals surface area (Å²) in [5.41, 5.74) is 0.643. The molecule has 0 spiro atoms. The largest absolute Gasteiger partial charge is 0.493 e. The van der Waals surface area contributed by atoms with Gasteiger partial charge in [-0.2, -0.15) is 0 Å². The van der Waals surface area contributed by atoms with Crippen LogP contribution >= 0.6 is 0 Å². The normalized spacial score (nSPS) is 11.6. The number of rotatable bonds is 7. The highest BCUT2D eigenvalue weighted by Crippen LogP contribution is 2.32. The summed E-state index contributed by atoms with van der Waals surface area (Å²) in [6.45, 7) is 1.66. The first kappa shape index (κ1) is 17.3. The molecule has 128 valence electrons. The van der Waals surface area contributed by atoms with Crippen LogP contribution in [0.4, 0.5) is 0 Å². The van der Waals surface area contributed by atoms with Crippen LogP contribution in [0.3, 0.4) is 0 Å². The second kappa shape index (κ2) is 7.49. The molecule has 0 saturated carbocycles. The minimum Gasteiger partial charge on any atom is -0.493 e. The summed E-state index contributed by atoms with van der Waals surface area (Å²) in [7, 11) is 3.04. The van der Waals surface area contributed by atoms with E-state index in [1.54, 1.807) is 25.1 Å². The molecule has 24 heavy (non-hydrogen) atoms. The molecule has 1 heterocycles. The highest BCUT2D eigenvalue weighted by atomic mass is 16.5. The summed E-state index contributed by atoms with van der Waals surface area (Å²) >= 11 is 0. The molecule has 1 aromatic heterocycles. The Morgan fingerprint density at radius 1 is 1.25 bits per heavy atom. The molecule has 0 unspecified atom stereocenters. The number of methoxy groups -OCH3 is 2. The van der Waals surface area contributed by atoms with E-state index >= 15 is 0 Å². The Hall–Kier alpha value is -3.03. The smallest absolute Gasteiger partial charge is 0.326 e. The lowest BCUT2D eigenvalue weighted by atomic mass is 10.1. The van der Waals surface area contributed by atoms with Gasteiger partial charge in [0.05, 0.1) is 14.2 Å². The van der Waals surface area contributed by atoms with Crippen molar-refractivity contribution in [1.29, 1.82) is 0 Å². The van der Waals surface area contributed by atoms with Gasteiger partial charge in [0, 0.05) is 11.6 Å². The predicted octanol–water partition coefficient (Wildman–Crippen LogP) is 1.95. The molecule has 2 rings (SSSR count). The van der Waals surface area contributed by atoms with Gasteiger partial charge in [0.15, 0.2) is 23.0 Å². The van der Waals surface area contributed by atoms with Gasteiger partial charge in [-0.1, -0.05) is 12.1 Å². The first-order valence-electron chi connectivity index (χ1n) is 7.22. The van der Waals surface area contributed by atoms with Crippen LogP contribution in [0.1, 0.15) is 23.8 Å². The van der Waals surface area contributed by atoms with Gasteiger partial charge >= 0.3 is 5.97 Å². The van der Waals surface area contributed by atoms with Crippen LogP contribution < -0.4 is 14.8 Å². The maximum Gasteiger partial charge on any atom is 0.326 e. The molecule has 0 aliphatic heterocycles. The second-order valence-corrected chi connectivity index (χ2v) is 4.92. The summed E-state index contributed by atoms with van der Waals surface area (Å²) in [4.78, 5) is 23.0. The number of ether oxygens (including phenoxy) is 2. The SMILES string of the molecule is CC[C@H](NC(=O)c1cc(-c2ccc(OC)c(OC)c2)on1)C(=O)O. The van der Waals surface area contributed by atoms with Gasteiger partial charge in [0.1, 0.15) is 6.04 Å². The second-order valence-electron chi connectivity index (χ2n) is 4.92. The fraction of sp³-hybridized carbons (Fsp3) is 0.312. The number of carboxylic acids is 1. The summed E-state index contributed by atoms with van der Waals surface area (Å²) in [5.74, 6) is -0.293. The van der Waals surface area contributed by atoms with Gasteiger partial charge in [0.2, 0.25) is 0 Å². The Balaban J connectivity index is 2.21. The molecule has 1 amide bonds.